The molecule has 1 aliphatic carbocycles. The topological polar surface area (TPSA) is 0 Å². The molecular formula is C12H24N+. The van der Waals surface area contributed by atoms with E-state index >= 15 is 0 Å². The van der Waals surface area contributed by atoms with E-state index in [1.807, 2.05) is 0 Å². The molecule has 1 nitrogen and oxygen atoms in total. The molecular weight excluding hydrogens is 158 g/mol. The minimum absolute atomic E-state index is 1.07. The summed E-state index contributed by atoms with van der Waals surface area (Å²) in [6, 6.07) is 0. The minimum Gasteiger partial charge on any atom is -0.328 e. The van der Waals surface area contributed by atoms with Crippen molar-refractivity contribution in [3.63, 3.8) is 0 Å². The maximum atomic E-state index is 2.36. The number of quaternary nitrogens is 1. The van der Waals surface area contributed by atoms with Gasteiger partial charge in [0.2, 0.25) is 0 Å². The van der Waals surface area contributed by atoms with Crippen LogP contribution in [0.15, 0.2) is 0 Å². The third kappa shape index (κ3) is 2.46. The third-order valence-electron chi connectivity index (χ3n) is 3.90. The molecule has 0 radical (unpaired) electrons. The Morgan fingerprint density at radius 2 is 1.54 bits per heavy atom. The van der Waals surface area contributed by atoms with Gasteiger partial charge in [0, 0.05) is 0 Å². The summed E-state index contributed by atoms with van der Waals surface area (Å²) in [5, 5.41) is 0. The smallest absolute Gasteiger partial charge is 0.0865 e. The highest BCUT2D eigenvalue weighted by molar-refractivity contribution is 4.74. The number of hydrogen-bond donors (Lipinski definition) is 0. The molecule has 1 heterocycles. The van der Waals surface area contributed by atoms with Gasteiger partial charge in [0.25, 0.3) is 0 Å². The average molecular weight is 182 g/mol. The molecule has 76 valence electrons. The molecule has 13 heavy (non-hydrogen) atoms. The van der Waals surface area contributed by atoms with Crippen LogP contribution >= 0.6 is 0 Å². The molecule has 1 saturated heterocycles. The van der Waals surface area contributed by atoms with Crippen LogP contribution in [-0.4, -0.2) is 31.7 Å². The lowest BCUT2D eigenvalue weighted by Gasteiger charge is -2.46. The molecule has 0 unspecified atom stereocenters. The summed E-state index contributed by atoms with van der Waals surface area (Å²) in [6.45, 7) is 2.88. The Kier molecular flexibility index (Phi) is 2.64. The van der Waals surface area contributed by atoms with Gasteiger partial charge in [-0.15, -0.1) is 0 Å². The second-order valence-electron chi connectivity index (χ2n) is 5.91. The third-order valence-corrected chi connectivity index (χ3v) is 3.90. The van der Waals surface area contributed by atoms with Crippen molar-refractivity contribution < 1.29 is 4.48 Å². The normalized spacial score (nSPS) is 30.0. The Bertz CT molecular complexity index is 160. The number of rotatable bonds is 2. The molecule has 0 bridgehead atoms. The van der Waals surface area contributed by atoms with Crippen LogP contribution < -0.4 is 0 Å². The number of nitrogens with zero attached hydrogens (tertiary/aromatic N) is 1. The zero-order valence-electron chi connectivity index (χ0n) is 9.26. The summed E-state index contributed by atoms with van der Waals surface area (Å²) in [6.07, 6.45) is 9.13. The first kappa shape index (κ1) is 9.51. The maximum Gasteiger partial charge on any atom is 0.0865 e. The van der Waals surface area contributed by atoms with Gasteiger partial charge >= 0.3 is 0 Å². The predicted molar refractivity (Wildman–Crippen MR) is 56.5 cm³/mol. The van der Waals surface area contributed by atoms with Crippen molar-refractivity contribution >= 4 is 0 Å². The van der Waals surface area contributed by atoms with Gasteiger partial charge in [-0.2, -0.15) is 0 Å². The molecule has 0 aromatic heterocycles. The number of hydrogen-bond acceptors (Lipinski definition) is 0. The van der Waals surface area contributed by atoms with Gasteiger partial charge in [-0.25, -0.2) is 0 Å². The number of likely N-dealkylation sites (tertiary alicyclic amines) is 1. The zero-order chi connectivity index (χ0) is 9.31. The fourth-order valence-corrected chi connectivity index (χ4v) is 3.39. The molecule has 1 saturated carbocycles. The molecule has 0 N–H and O–H groups in total. The quantitative estimate of drug-likeness (QED) is 0.576. The molecule has 0 atom stereocenters. The van der Waals surface area contributed by atoms with Gasteiger partial charge in [-0.1, -0.05) is 32.1 Å². The van der Waals surface area contributed by atoms with E-state index in [1.165, 1.54) is 49.7 Å². The van der Waals surface area contributed by atoms with Crippen LogP contribution in [0.1, 0.15) is 38.5 Å². The summed E-state index contributed by atoms with van der Waals surface area (Å²) in [7, 11) is 4.72. The van der Waals surface area contributed by atoms with E-state index in [0.717, 1.165) is 11.8 Å². The standard InChI is InChI=1S/C12H24N/c1-13(2)9-12(10-13)8-11-6-4-3-5-7-11/h11-12H,3-10H2,1-2H3/q+1. The van der Waals surface area contributed by atoms with Gasteiger partial charge in [-0.3, -0.25) is 0 Å². The van der Waals surface area contributed by atoms with Gasteiger partial charge in [0.15, 0.2) is 0 Å². The molecule has 2 rings (SSSR count). The van der Waals surface area contributed by atoms with Crippen LogP contribution in [-0.2, 0) is 0 Å². The Labute approximate surface area is 82.7 Å². The first-order valence-corrected chi connectivity index (χ1v) is 5.98. The molecule has 1 aliphatic heterocycles. The van der Waals surface area contributed by atoms with Crippen molar-refractivity contribution in [2.75, 3.05) is 27.2 Å². The second-order valence-corrected chi connectivity index (χ2v) is 5.91. The molecule has 0 amide bonds. The lowest BCUT2D eigenvalue weighted by Crippen LogP contribution is -2.58. The van der Waals surface area contributed by atoms with Crippen molar-refractivity contribution in [2.24, 2.45) is 11.8 Å². The van der Waals surface area contributed by atoms with Crippen LogP contribution in [0, 0.1) is 11.8 Å². The fourth-order valence-electron chi connectivity index (χ4n) is 3.39. The Hall–Kier alpha value is -0.0400. The fraction of sp³-hybridized carbons (Fsp3) is 1.00. The highest BCUT2D eigenvalue weighted by Crippen LogP contribution is 2.33. The maximum absolute atomic E-state index is 2.36. The van der Waals surface area contributed by atoms with Gasteiger partial charge in [0.1, 0.15) is 0 Å². The van der Waals surface area contributed by atoms with E-state index in [4.69, 9.17) is 0 Å². The molecule has 2 aliphatic rings. The monoisotopic (exact) mass is 182 g/mol. The van der Waals surface area contributed by atoms with E-state index < -0.39 is 0 Å². The molecule has 2 fully saturated rings. The summed E-state index contributed by atoms with van der Waals surface area (Å²) in [4.78, 5) is 0. The molecule has 0 aromatic rings. The van der Waals surface area contributed by atoms with Crippen LogP contribution in [0.4, 0.5) is 0 Å². The second kappa shape index (κ2) is 3.61. The van der Waals surface area contributed by atoms with E-state index in [-0.39, 0.29) is 0 Å². The zero-order valence-corrected chi connectivity index (χ0v) is 9.26. The largest absolute Gasteiger partial charge is 0.328 e. The Morgan fingerprint density at radius 1 is 0.923 bits per heavy atom. The lowest BCUT2D eigenvalue weighted by atomic mass is 9.80. The van der Waals surface area contributed by atoms with Crippen molar-refractivity contribution in [1.82, 2.24) is 0 Å². The first-order valence-electron chi connectivity index (χ1n) is 5.98. The predicted octanol–water partition coefficient (Wildman–Crippen LogP) is 2.66. The Morgan fingerprint density at radius 3 is 2.08 bits per heavy atom. The Balaban J connectivity index is 1.68. The summed E-state index contributed by atoms with van der Waals surface area (Å²) >= 11 is 0. The highest BCUT2D eigenvalue weighted by atomic mass is 15.4. The van der Waals surface area contributed by atoms with E-state index in [1.54, 1.807) is 6.42 Å². The van der Waals surface area contributed by atoms with Gasteiger partial charge in [-0.05, 0) is 12.3 Å². The van der Waals surface area contributed by atoms with Crippen molar-refractivity contribution in [1.29, 1.82) is 0 Å². The van der Waals surface area contributed by atoms with Crippen molar-refractivity contribution in [3.8, 4) is 0 Å². The molecule has 0 aromatic carbocycles. The SMILES string of the molecule is C[N+]1(C)CC(CC2CCCCC2)C1. The summed E-state index contributed by atoms with van der Waals surface area (Å²) in [5.74, 6) is 2.16. The first-order chi connectivity index (χ1) is 6.16. The lowest BCUT2D eigenvalue weighted by molar-refractivity contribution is -0.939. The van der Waals surface area contributed by atoms with Gasteiger partial charge in [0.05, 0.1) is 33.1 Å². The molecule has 0 spiro atoms. The summed E-state index contributed by atoms with van der Waals surface area (Å²) < 4.78 is 1.28. The van der Waals surface area contributed by atoms with E-state index in [2.05, 4.69) is 14.1 Å². The molecule has 1 heteroatoms. The van der Waals surface area contributed by atoms with E-state index in [9.17, 15) is 0 Å². The van der Waals surface area contributed by atoms with Crippen LogP contribution in [0.2, 0.25) is 0 Å². The highest BCUT2D eigenvalue weighted by Gasteiger charge is 2.37. The van der Waals surface area contributed by atoms with E-state index in [0.29, 0.717) is 0 Å². The van der Waals surface area contributed by atoms with Gasteiger partial charge < -0.3 is 4.48 Å². The van der Waals surface area contributed by atoms with Crippen LogP contribution in [0.5, 0.6) is 0 Å². The van der Waals surface area contributed by atoms with Crippen LogP contribution in [0.3, 0.4) is 0 Å². The summed E-state index contributed by atoms with van der Waals surface area (Å²) in [5.41, 5.74) is 0. The van der Waals surface area contributed by atoms with Crippen molar-refractivity contribution in [3.05, 3.63) is 0 Å². The minimum atomic E-state index is 1.07. The van der Waals surface area contributed by atoms with Crippen molar-refractivity contribution in [2.45, 2.75) is 38.5 Å². The van der Waals surface area contributed by atoms with Crippen LogP contribution in [0.25, 0.3) is 0 Å². The average Bonchev–Trinajstić information content (AvgIpc) is 2.03.